The van der Waals surface area contributed by atoms with E-state index in [0.717, 1.165) is 36.2 Å². The fraction of sp³-hybridized carbons (Fsp3) is 0.714. The Hall–Kier alpha value is -1.12. The zero-order valence-electron chi connectivity index (χ0n) is 11.4. The maximum atomic E-state index is 4.70. The average molecular weight is 233 g/mol. The van der Waals surface area contributed by atoms with Crippen LogP contribution < -0.4 is 5.32 Å². The number of rotatable bonds is 5. The number of anilines is 1. The lowest BCUT2D eigenvalue weighted by Gasteiger charge is -2.16. The number of hydrogen-bond acceptors (Lipinski definition) is 3. The second kappa shape index (κ2) is 5.03. The normalized spacial score (nSPS) is 15.4. The minimum Gasteiger partial charge on any atom is -0.370 e. The first-order valence-corrected chi connectivity index (χ1v) is 6.73. The van der Waals surface area contributed by atoms with E-state index in [0.29, 0.717) is 5.92 Å². The van der Waals surface area contributed by atoms with Gasteiger partial charge in [-0.05, 0) is 38.5 Å². The largest absolute Gasteiger partial charge is 0.370 e. The van der Waals surface area contributed by atoms with Gasteiger partial charge in [-0.1, -0.05) is 13.8 Å². The third kappa shape index (κ3) is 2.96. The van der Waals surface area contributed by atoms with Crippen LogP contribution in [0.15, 0.2) is 0 Å². The number of nitrogens with one attached hydrogen (secondary N) is 1. The SMILES string of the molecule is CCNc1nc(CC2CC2)nc(C)c1C(C)C. The first kappa shape index (κ1) is 12.3. The molecule has 1 N–H and O–H groups in total. The molecular weight excluding hydrogens is 210 g/mol. The van der Waals surface area contributed by atoms with Crippen LogP contribution in [-0.2, 0) is 6.42 Å². The molecule has 17 heavy (non-hydrogen) atoms. The first-order valence-electron chi connectivity index (χ1n) is 6.73. The van der Waals surface area contributed by atoms with Crippen LogP contribution in [0.3, 0.4) is 0 Å². The number of nitrogens with zero attached hydrogens (tertiary/aromatic N) is 2. The maximum absolute atomic E-state index is 4.70. The Morgan fingerprint density at radius 1 is 1.29 bits per heavy atom. The number of aromatic nitrogens is 2. The molecule has 2 rings (SSSR count). The van der Waals surface area contributed by atoms with Gasteiger partial charge >= 0.3 is 0 Å². The molecule has 0 atom stereocenters. The van der Waals surface area contributed by atoms with Crippen molar-refractivity contribution < 1.29 is 0 Å². The Balaban J connectivity index is 2.31. The quantitative estimate of drug-likeness (QED) is 0.848. The van der Waals surface area contributed by atoms with Crippen molar-refractivity contribution in [3.63, 3.8) is 0 Å². The van der Waals surface area contributed by atoms with E-state index < -0.39 is 0 Å². The van der Waals surface area contributed by atoms with Gasteiger partial charge in [-0.2, -0.15) is 0 Å². The summed E-state index contributed by atoms with van der Waals surface area (Å²) < 4.78 is 0. The van der Waals surface area contributed by atoms with Crippen molar-refractivity contribution in [3.05, 3.63) is 17.1 Å². The molecule has 0 radical (unpaired) electrons. The molecule has 1 aliphatic rings. The van der Waals surface area contributed by atoms with Crippen LogP contribution in [-0.4, -0.2) is 16.5 Å². The smallest absolute Gasteiger partial charge is 0.133 e. The monoisotopic (exact) mass is 233 g/mol. The van der Waals surface area contributed by atoms with Gasteiger partial charge < -0.3 is 5.32 Å². The molecule has 1 saturated carbocycles. The van der Waals surface area contributed by atoms with Gasteiger partial charge in [-0.3, -0.25) is 0 Å². The summed E-state index contributed by atoms with van der Waals surface area (Å²) in [5.41, 5.74) is 2.41. The van der Waals surface area contributed by atoms with Crippen molar-refractivity contribution in [2.24, 2.45) is 5.92 Å². The van der Waals surface area contributed by atoms with E-state index in [-0.39, 0.29) is 0 Å². The molecule has 0 aromatic carbocycles. The standard InChI is InChI=1S/C14H23N3/c1-5-15-14-13(9(2)3)10(4)16-12(17-14)8-11-6-7-11/h9,11H,5-8H2,1-4H3,(H,15,16,17). The summed E-state index contributed by atoms with van der Waals surface area (Å²) in [5.74, 6) is 3.38. The lowest BCUT2D eigenvalue weighted by molar-refractivity contribution is 0.745. The molecule has 1 aromatic heterocycles. The van der Waals surface area contributed by atoms with Crippen LogP contribution in [0, 0.1) is 12.8 Å². The molecule has 0 spiro atoms. The molecule has 0 bridgehead atoms. The van der Waals surface area contributed by atoms with Gasteiger partial charge in [-0.25, -0.2) is 9.97 Å². The number of aryl methyl sites for hydroxylation is 1. The van der Waals surface area contributed by atoms with E-state index in [1.807, 2.05) is 0 Å². The fourth-order valence-corrected chi connectivity index (χ4v) is 2.30. The van der Waals surface area contributed by atoms with Gasteiger partial charge in [0.2, 0.25) is 0 Å². The lowest BCUT2D eigenvalue weighted by Crippen LogP contribution is -2.11. The van der Waals surface area contributed by atoms with Crippen molar-refractivity contribution in [2.75, 3.05) is 11.9 Å². The Bertz CT molecular complexity index is 395. The van der Waals surface area contributed by atoms with Gasteiger partial charge in [0, 0.05) is 24.2 Å². The molecule has 0 aliphatic heterocycles. The van der Waals surface area contributed by atoms with Gasteiger partial charge in [0.1, 0.15) is 11.6 Å². The Labute approximate surface area is 104 Å². The highest BCUT2D eigenvalue weighted by atomic mass is 15.0. The van der Waals surface area contributed by atoms with E-state index in [9.17, 15) is 0 Å². The highest BCUT2D eigenvalue weighted by molar-refractivity contribution is 5.48. The summed E-state index contributed by atoms with van der Waals surface area (Å²) in [6.07, 6.45) is 3.76. The van der Waals surface area contributed by atoms with E-state index in [1.54, 1.807) is 0 Å². The van der Waals surface area contributed by atoms with Crippen LogP contribution >= 0.6 is 0 Å². The lowest BCUT2D eigenvalue weighted by atomic mass is 10.0. The van der Waals surface area contributed by atoms with E-state index in [1.165, 1.54) is 18.4 Å². The highest BCUT2D eigenvalue weighted by Crippen LogP contribution is 2.33. The second-order valence-electron chi connectivity index (χ2n) is 5.32. The summed E-state index contributed by atoms with van der Waals surface area (Å²) in [7, 11) is 0. The van der Waals surface area contributed by atoms with Crippen LogP contribution in [0.1, 0.15) is 56.6 Å². The van der Waals surface area contributed by atoms with Crippen LogP contribution in [0.4, 0.5) is 5.82 Å². The molecule has 0 unspecified atom stereocenters. The van der Waals surface area contributed by atoms with E-state index in [4.69, 9.17) is 4.98 Å². The summed E-state index contributed by atoms with van der Waals surface area (Å²) >= 11 is 0. The molecule has 0 amide bonds. The third-order valence-corrected chi connectivity index (χ3v) is 3.27. The van der Waals surface area contributed by atoms with Gasteiger partial charge in [-0.15, -0.1) is 0 Å². The predicted octanol–water partition coefficient (Wildman–Crippen LogP) is 3.29. The molecule has 1 aliphatic carbocycles. The number of hydrogen-bond donors (Lipinski definition) is 1. The van der Waals surface area contributed by atoms with Gasteiger partial charge in [0.05, 0.1) is 0 Å². The summed E-state index contributed by atoms with van der Waals surface area (Å²) in [4.78, 5) is 9.37. The topological polar surface area (TPSA) is 37.8 Å². The van der Waals surface area contributed by atoms with E-state index in [2.05, 4.69) is 38.0 Å². The molecule has 3 heteroatoms. The second-order valence-corrected chi connectivity index (χ2v) is 5.32. The van der Waals surface area contributed by atoms with E-state index >= 15 is 0 Å². The highest BCUT2D eigenvalue weighted by Gasteiger charge is 2.24. The summed E-state index contributed by atoms with van der Waals surface area (Å²) in [6.45, 7) is 9.54. The molecule has 1 fully saturated rings. The Morgan fingerprint density at radius 2 is 2.00 bits per heavy atom. The van der Waals surface area contributed by atoms with Crippen molar-refractivity contribution in [1.82, 2.24) is 9.97 Å². The molecule has 1 aromatic rings. The zero-order chi connectivity index (χ0) is 12.4. The minimum atomic E-state index is 0.471. The molecule has 94 valence electrons. The van der Waals surface area contributed by atoms with Crippen LogP contribution in [0.25, 0.3) is 0 Å². The molecular formula is C14H23N3. The maximum Gasteiger partial charge on any atom is 0.133 e. The van der Waals surface area contributed by atoms with Crippen molar-refractivity contribution >= 4 is 5.82 Å². The van der Waals surface area contributed by atoms with Crippen molar-refractivity contribution in [3.8, 4) is 0 Å². The predicted molar refractivity (Wildman–Crippen MR) is 71.4 cm³/mol. The van der Waals surface area contributed by atoms with Crippen LogP contribution in [0.5, 0.6) is 0 Å². The van der Waals surface area contributed by atoms with Gasteiger partial charge in [0.25, 0.3) is 0 Å². The summed E-state index contributed by atoms with van der Waals surface area (Å²) in [5, 5.41) is 3.38. The Morgan fingerprint density at radius 3 is 2.53 bits per heavy atom. The van der Waals surface area contributed by atoms with Gasteiger partial charge in [0.15, 0.2) is 0 Å². The minimum absolute atomic E-state index is 0.471. The van der Waals surface area contributed by atoms with Crippen LogP contribution in [0.2, 0.25) is 0 Å². The van der Waals surface area contributed by atoms with Crippen molar-refractivity contribution in [1.29, 1.82) is 0 Å². The zero-order valence-corrected chi connectivity index (χ0v) is 11.4. The first-order chi connectivity index (χ1) is 8.11. The molecule has 3 nitrogen and oxygen atoms in total. The fourth-order valence-electron chi connectivity index (χ4n) is 2.30. The summed E-state index contributed by atoms with van der Waals surface area (Å²) in [6, 6.07) is 0. The molecule has 0 saturated heterocycles. The Kier molecular flexibility index (Phi) is 3.65. The average Bonchev–Trinajstić information content (AvgIpc) is 3.00. The van der Waals surface area contributed by atoms with Crippen molar-refractivity contribution in [2.45, 2.75) is 52.9 Å². The third-order valence-electron chi connectivity index (χ3n) is 3.27. The molecule has 1 heterocycles.